The van der Waals surface area contributed by atoms with Gasteiger partial charge in [0.25, 0.3) is 11.8 Å². The fourth-order valence-electron chi connectivity index (χ4n) is 3.30. The summed E-state index contributed by atoms with van der Waals surface area (Å²) in [6.07, 6.45) is 5.60. The molecule has 3 aromatic heterocycles. The predicted molar refractivity (Wildman–Crippen MR) is 111 cm³/mol. The number of nitrogens with zero attached hydrogens (tertiary/aromatic N) is 3. The van der Waals surface area contributed by atoms with Crippen LogP contribution in [0.25, 0.3) is 5.65 Å². The number of aromatic nitrogens is 3. The lowest BCUT2D eigenvalue weighted by Gasteiger charge is -2.10. The fraction of sp³-hybridized carbons (Fsp3) is 0.0952. The molecule has 0 spiro atoms. The standard InChI is InChI=1S/C21H17N5O2S/c1-13-4-7-19-22-10-15(25(19)12-13)11-23-20(27)14-5-6-18-16(9-14)24-21(28)17-3-2-8-26(17)29-18/h2-10,12H,11H2,1H3,(H,23,27)(H,24,28). The molecule has 4 heterocycles. The van der Waals surface area contributed by atoms with E-state index in [0.717, 1.165) is 21.8 Å². The maximum atomic E-state index is 12.7. The zero-order valence-corrected chi connectivity index (χ0v) is 16.4. The first-order valence-electron chi connectivity index (χ1n) is 9.10. The third-order valence-electron chi connectivity index (χ3n) is 4.79. The molecule has 0 saturated heterocycles. The summed E-state index contributed by atoms with van der Waals surface area (Å²) in [6.45, 7) is 2.37. The van der Waals surface area contributed by atoms with E-state index in [1.807, 2.05) is 52.0 Å². The second-order valence-electron chi connectivity index (χ2n) is 6.84. The molecule has 29 heavy (non-hydrogen) atoms. The second kappa shape index (κ2) is 6.82. The quantitative estimate of drug-likeness (QED) is 0.549. The van der Waals surface area contributed by atoms with E-state index in [4.69, 9.17) is 0 Å². The number of hydrogen-bond acceptors (Lipinski definition) is 4. The minimum absolute atomic E-state index is 0.195. The SMILES string of the molecule is Cc1ccc2ncc(CNC(=O)c3ccc4c(c3)NC(=O)c3cccn3S4)n2c1. The number of hydrogen-bond donors (Lipinski definition) is 2. The summed E-state index contributed by atoms with van der Waals surface area (Å²) in [6, 6.07) is 12.9. The number of imidazole rings is 1. The molecule has 0 radical (unpaired) electrons. The number of nitrogens with one attached hydrogen (secondary N) is 2. The van der Waals surface area contributed by atoms with Crippen molar-refractivity contribution in [1.29, 1.82) is 0 Å². The van der Waals surface area contributed by atoms with Gasteiger partial charge in [-0.3, -0.25) is 13.6 Å². The highest BCUT2D eigenvalue weighted by Gasteiger charge is 2.20. The Labute approximate surface area is 170 Å². The van der Waals surface area contributed by atoms with Crippen LogP contribution in [-0.4, -0.2) is 25.2 Å². The molecular weight excluding hydrogens is 386 g/mol. The third kappa shape index (κ3) is 3.17. The van der Waals surface area contributed by atoms with Gasteiger partial charge in [-0.25, -0.2) is 4.98 Å². The molecule has 2 N–H and O–H groups in total. The van der Waals surface area contributed by atoms with Crippen LogP contribution < -0.4 is 10.6 Å². The van der Waals surface area contributed by atoms with E-state index < -0.39 is 0 Å². The Bertz CT molecular complexity index is 1270. The first kappa shape index (κ1) is 17.6. The summed E-state index contributed by atoms with van der Waals surface area (Å²) in [4.78, 5) is 30.3. The summed E-state index contributed by atoms with van der Waals surface area (Å²) in [7, 11) is 0. The monoisotopic (exact) mass is 403 g/mol. The van der Waals surface area contributed by atoms with E-state index in [-0.39, 0.29) is 11.8 Å². The average Bonchev–Trinajstić information content (AvgIpc) is 3.31. The van der Waals surface area contributed by atoms with Crippen LogP contribution in [0.1, 0.15) is 32.1 Å². The predicted octanol–water partition coefficient (Wildman–Crippen LogP) is 3.50. The van der Waals surface area contributed by atoms with Gasteiger partial charge in [-0.1, -0.05) is 6.07 Å². The molecule has 0 fully saturated rings. The lowest BCUT2D eigenvalue weighted by molar-refractivity contribution is 0.0949. The largest absolute Gasteiger partial charge is 0.346 e. The molecule has 5 rings (SSSR count). The summed E-state index contributed by atoms with van der Waals surface area (Å²) in [5.74, 6) is -0.404. The van der Waals surface area contributed by atoms with Gasteiger partial charge in [-0.05, 0) is 60.8 Å². The Morgan fingerprint density at radius 2 is 2.14 bits per heavy atom. The molecule has 0 saturated carbocycles. The van der Waals surface area contributed by atoms with Gasteiger partial charge in [0.15, 0.2) is 0 Å². The van der Waals surface area contributed by atoms with Crippen molar-refractivity contribution in [3.63, 3.8) is 0 Å². The number of rotatable bonds is 3. The Morgan fingerprint density at radius 1 is 1.24 bits per heavy atom. The molecule has 8 heteroatoms. The van der Waals surface area contributed by atoms with Crippen LogP contribution in [-0.2, 0) is 6.54 Å². The Hall–Kier alpha value is -3.52. The Balaban J connectivity index is 1.36. The summed E-state index contributed by atoms with van der Waals surface area (Å²) >= 11 is 1.44. The van der Waals surface area contributed by atoms with E-state index in [9.17, 15) is 9.59 Å². The average molecular weight is 403 g/mol. The van der Waals surface area contributed by atoms with Crippen molar-refractivity contribution >= 4 is 35.1 Å². The van der Waals surface area contributed by atoms with Gasteiger partial charge in [0.05, 0.1) is 29.0 Å². The highest BCUT2D eigenvalue weighted by molar-refractivity contribution is 7.98. The highest BCUT2D eigenvalue weighted by Crippen LogP contribution is 2.33. The number of anilines is 1. The molecule has 2 amide bonds. The van der Waals surface area contributed by atoms with Crippen molar-refractivity contribution in [3.8, 4) is 0 Å². The lowest BCUT2D eigenvalue weighted by Crippen LogP contribution is -2.23. The van der Waals surface area contributed by atoms with E-state index in [1.54, 1.807) is 24.4 Å². The van der Waals surface area contributed by atoms with Gasteiger partial charge in [0.2, 0.25) is 0 Å². The van der Waals surface area contributed by atoms with Crippen molar-refractivity contribution in [2.45, 2.75) is 18.4 Å². The Morgan fingerprint density at radius 3 is 3.03 bits per heavy atom. The first-order valence-corrected chi connectivity index (χ1v) is 9.88. The number of pyridine rings is 1. The number of amides is 2. The van der Waals surface area contributed by atoms with Crippen LogP contribution >= 0.6 is 11.9 Å². The van der Waals surface area contributed by atoms with E-state index in [2.05, 4.69) is 15.6 Å². The summed E-state index contributed by atoms with van der Waals surface area (Å²) < 4.78 is 3.78. The number of carbonyl (C=O) groups is 2. The third-order valence-corrected chi connectivity index (χ3v) is 5.86. The molecule has 1 aromatic carbocycles. The maximum Gasteiger partial charge on any atom is 0.273 e. The van der Waals surface area contributed by atoms with Crippen LogP contribution in [0.15, 0.2) is 66.0 Å². The van der Waals surface area contributed by atoms with Crippen LogP contribution in [0.3, 0.4) is 0 Å². The van der Waals surface area contributed by atoms with Gasteiger partial charge in [-0.2, -0.15) is 0 Å². The minimum atomic E-state index is -0.210. The number of fused-ring (bicyclic) bond motifs is 3. The van der Waals surface area contributed by atoms with Crippen LogP contribution in [0.2, 0.25) is 0 Å². The van der Waals surface area contributed by atoms with Crippen LogP contribution in [0, 0.1) is 6.92 Å². The second-order valence-corrected chi connectivity index (χ2v) is 7.86. The summed E-state index contributed by atoms with van der Waals surface area (Å²) in [5.41, 5.74) is 4.54. The first-order chi connectivity index (χ1) is 14.1. The van der Waals surface area contributed by atoms with Crippen molar-refractivity contribution in [2.24, 2.45) is 0 Å². The van der Waals surface area contributed by atoms with Crippen molar-refractivity contribution in [2.75, 3.05) is 5.32 Å². The molecule has 7 nitrogen and oxygen atoms in total. The fourth-order valence-corrected chi connectivity index (χ4v) is 4.23. The van der Waals surface area contributed by atoms with Gasteiger partial charge in [-0.15, -0.1) is 0 Å². The Kier molecular flexibility index (Phi) is 4.13. The summed E-state index contributed by atoms with van der Waals surface area (Å²) in [5, 5.41) is 5.82. The zero-order valence-electron chi connectivity index (χ0n) is 15.5. The number of aryl methyl sites for hydroxylation is 1. The van der Waals surface area contributed by atoms with Gasteiger partial charge < -0.3 is 15.0 Å². The molecular formula is C21H17N5O2S. The van der Waals surface area contributed by atoms with E-state index in [0.29, 0.717) is 23.5 Å². The smallest absolute Gasteiger partial charge is 0.273 e. The van der Waals surface area contributed by atoms with E-state index >= 15 is 0 Å². The van der Waals surface area contributed by atoms with Gasteiger partial charge in [0.1, 0.15) is 11.3 Å². The van der Waals surface area contributed by atoms with Crippen LogP contribution in [0.5, 0.6) is 0 Å². The van der Waals surface area contributed by atoms with Crippen LogP contribution in [0.4, 0.5) is 5.69 Å². The molecule has 0 unspecified atom stereocenters. The lowest BCUT2D eigenvalue weighted by atomic mass is 10.2. The number of benzene rings is 1. The number of carbonyl (C=O) groups excluding carboxylic acids is 2. The van der Waals surface area contributed by atoms with Gasteiger partial charge >= 0.3 is 0 Å². The van der Waals surface area contributed by atoms with Crippen molar-refractivity contribution < 1.29 is 9.59 Å². The zero-order chi connectivity index (χ0) is 20.0. The van der Waals surface area contributed by atoms with Crippen molar-refractivity contribution in [1.82, 2.24) is 18.7 Å². The topological polar surface area (TPSA) is 80.4 Å². The highest BCUT2D eigenvalue weighted by atomic mass is 32.2. The molecule has 4 aromatic rings. The van der Waals surface area contributed by atoms with Gasteiger partial charge in [0, 0.05) is 18.0 Å². The van der Waals surface area contributed by atoms with E-state index in [1.165, 1.54) is 11.9 Å². The molecule has 0 atom stereocenters. The normalized spacial score (nSPS) is 12.8. The van der Waals surface area contributed by atoms with Crippen molar-refractivity contribution in [3.05, 3.63) is 83.6 Å². The molecule has 0 aliphatic carbocycles. The molecule has 0 bridgehead atoms. The molecule has 1 aliphatic heterocycles. The molecule has 1 aliphatic rings. The minimum Gasteiger partial charge on any atom is -0.346 e. The molecule has 144 valence electrons. The maximum absolute atomic E-state index is 12.7.